The third-order valence-electron chi connectivity index (χ3n) is 2.69. The van der Waals surface area contributed by atoms with Gasteiger partial charge in [-0.25, -0.2) is 9.97 Å². The average molecular weight is 302 g/mol. The van der Waals surface area contributed by atoms with Crippen molar-refractivity contribution in [1.82, 2.24) is 9.97 Å². The van der Waals surface area contributed by atoms with Crippen molar-refractivity contribution in [2.75, 3.05) is 11.9 Å². The predicted molar refractivity (Wildman–Crippen MR) is 88.2 cm³/mol. The Morgan fingerprint density at radius 2 is 2.00 bits per heavy atom. The number of hydrogen-bond donors (Lipinski definition) is 2. The maximum atomic E-state index is 5.61. The highest BCUT2D eigenvalue weighted by molar-refractivity contribution is 7.80. The fraction of sp³-hybridized carbons (Fsp3) is 0.267. The van der Waals surface area contributed by atoms with E-state index in [9.17, 15) is 0 Å². The molecule has 0 radical (unpaired) electrons. The Bertz CT molecular complexity index is 628. The first kappa shape index (κ1) is 15.2. The van der Waals surface area contributed by atoms with Gasteiger partial charge in [0.2, 0.25) is 5.95 Å². The quantitative estimate of drug-likeness (QED) is 0.799. The van der Waals surface area contributed by atoms with Crippen molar-refractivity contribution < 1.29 is 4.74 Å². The van der Waals surface area contributed by atoms with E-state index in [-0.39, 0.29) is 4.99 Å². The molecule has 6 heteroatoms. The molecular formula is C15H18N4OS. The Labute approximate surface area is 129 Å². The third kappa shape index (κ3) is 4.39. The van der Waals surface area contributed by atoms with E-state index in [1.807, 2.05) is 31.2 Å². The minimum Gasteiger partial charge on any atom is -0.494 e. The SMILES string of the molecule is CCCOc1ccc(Nc2nc(C)cc(C(N)=S)n2)cc1. The number of thiocarbonyl (C=S) groups is 1. The second-order valence-corrected chi connectivity index (χ2v) is 5.02. The molecule has 2 rings (SSSR count). The summed E-state index contributed by atoms with van der Waals surface area (Å²) >= 11 is 4.95. The normalized spacial score (nSPS) is 10.2. The molecule has 1 aromatic carbocycles. The lowest BCUT2D eigenvalue weighted by Crippen LogP contribution is -2.13. The van der Waals surface area contributed by atoms with Gasteiger partial charge in [0.05, 0.1) is 6.61 Å². The molecule has 0 fully saturated rings. The van der Waals surface area contributed by atoms with Crippen molar-refractivity contribution in [1.29, 1.82) is 0 Å². The van der Waals surface area contributed by atoms with E-state index in [4.69, 9.17) is 22.7 Å². The molecule has 0 spiro atoms. The first-order valence-corrected chi connectivity index (χ1v) is 7.14. The van der Waals surface area contributed by atoms with E-state index in [1.54, 1.807) is 6.07 Å². The fourth-order valence-electron chi connectivity index (χ4n) is 1.73. The van der Waals surface area contributed by atoms with Gasteiger partial charge in [0, 0.05) is 11.4 Å². The molecule has 0 saturated heterocycles. The van der Waals surface area contributed by atoms with Gasteiger partial charge >= 0.3 is 0 Å². The van der Waals surface area contributed by atoms with Gasteiger partial charge in [0.1, 0.15) is 16.4 Å². The molecule has 0 atom stereocenters. The molecule has 3 N–H and O–H groups in total. The van der Waals surface area contributed by atoms with Crippen molar-refractivity contribution in [2.24, 2.45) is 5.73 Å². The molecule has 1 heterocycles. The number of nitrogens with one attached hydrogen (secondary N) is 1. The summed E-state index contributed by atoms with van der Waals surface area (Å²) in [4.78, 5) is 8.85. The number of aromatic nitrogens is 2. The van der Waals surface area contributed by atoms with E-state index in [1.165, 1.54) is 0 Å². The van der Waals surface area contributed by atoms with Crippen LogP contribution < -0.4 is 15.8 Å². The summed E-state index contributed by atoms with van der Waals surface area (Å²) in [7, 11) is 0. The van der Waals surface area contributed by atoms with E-state index in [0.29, 0.717) is 18.2 Å². The fourth-order valence-corrected chi connectivity index (χ4v) is 1.84. The summed E-state index contributed by atoms with van der Waals surface area (Å²) in [5.41, 5.74) is 7.84. The Balaban J connectivity index is 2.12. The summed E-state index contributed by atoms with van der Waals surface area (Å²) in [5, 5.41) is 3.13. The molecule has 0 aliphatic carbocycles. The smallest absolute Gasteiger partial charge is 0.228 e. The van der Waals surface area contributed by atoms with Crippen LogP contribution in [0, 0.1) is 6.92 Å². The lowest BCUT2D eigenvalue weighted by atomic mass is 10.3. The Morgan fingerprint density at radius 1 is 1.29 bits per heavy atom. The van der Waals surface area contributed by atoms with Gasteiger partial charge in [-0.2, -0.15) is 0 Å². The van der Waals surface area contributed by atoms with Crippen molar-refractivity contribution in [3.8, 4) is 5.75 Å². The lowest BCUT2D eigenvalue weighted by molar-refractivity contribution is 0.317. The monoisotopic (exact) mass is 302 g/mol. The van der Waals surface area contributed by atoms with E-state index in [0.717, 1.165) is 23.6 Å². The largest absolute Gasteiger partial charge is 0.494 e. The highest BCUT2D eigenvalue weighted by atomic mass is 32.1. The van der Waals surface area contributed by atoms with E-state index < -0.39 is 0 Å². The van der Waals surface area contributed by atoms with Crippen LogP contribution in [0.3, 0.4) is 0 Å². The number of nitrogens with zero attached hydrogens (tertiary/aromatic N) is 2. The zero-order chi connectivity index (χ0) is 15.2. The summed E-state index contributed by atoms with van der Waals surface area (Å²) in [6.07, 6.45) is 0.985. The van der Waals surface area contributed by atoms with E-state index in [2.05, 4.69) is 22.2 Å². The van der Waals surface area contributed by atoms with Crippen LogP contribution in [-0.2, 0) is 0 Å². The van der Waals surface area contributed by atoms with Crippen molar-refractivity contribution in [3.63, 3.8) is 0 Å². The Morgan fingerprint density at radius 3 is 2.62 bits per heavy atom. The summed E-state index contributed by atoms with van der Waals surface area (Å²) in [6, 6.07) is 9.40. The molecule has 0 bridgehead atoms. The van der Waals surface area contributed by atoms with Gasteiger partial charge in [-0.15, -0.1) is 0 Å². The zero-order valence-electron chi connectivity index (χ0n) is 12.1. The number of anilines is 2. The summed E-state index contributed by atoms with van der Waals surface area (Å²) in [5.74, 6) is 1.32. The minimum atomic E-state index is 0.256. The highest BCUT2D eigenvalue weighted by Gasteiger charge is 2.05. The first-order valence-electron chi connectivity index (χ1n) is 6.74. The van der Waals surface area contributed by atoms with Crippen molar-refractivity contribution in [3.05, 3.63) is 41.7 Å². The number of hydrogen-bond acceptors (Lipinski definition) is 5. The lowest BCUT2D eigenvalue weighted by Gasteiger charge is -2.09. The number of benzene rings is 1. The molecular weight excluding hydrogens is 284 g/mol. The molecule has 0 amide bonds. The number of ether oxygens (including phenoxy) is 1. The van der Waals surface area contributed by atoms with Crippen LogP contribution >= 0.6 is 12.2 Å². The predicted octanol–water partition coefficient (Wildman–Crippen LogP) is 2.95. The maximum absolute atomic E-state index is 5.61. The van der Waals surface area contributed by atoms with Crippen LogP contribution in [0.1, 0.15) is 24.7 Å². The van der Waals surface area contributed by atoms with Crippen LogP contribution in [0.25, 0.3) is 0 Å². The van der Waals surface area contributed by atoms with Gasteiger partial charge in [-0.3, -0.25) is 0 Å². The van der Waals surface area contributed by atoms with Crippen molar-refractivity contribution >= 4 is 28.8 Å². The van der Waals surface area contributed by atoms with Crippen LogP contribution in [0.2, 0.25) is 0 Å². The van der Waals surface area contributed by atoms with E-state index >= 15 is 0 Å². The molecule has 21 heavy (non-hydrogen) atoms. The van der Waals surface area contributed by atoms with Gasteiger partial charge < -0.3 is 15.8 Å². The van der Waals surface area contributed by atoms with Crippen LogP contribution in [0.4, 0.5) is 11.6 Å². The zero-order valence-corrected chi connectivity index (χ0v) is 12.9. The third-order valence-corrected chi connectivity index (χ3v) is 2.90. The molecule has 1 aromatic heterocycles. The topological polar surface area (TPSA) is 73.1 Å². The van der Waals surface area contributed by atoms with Gasteiger partial charge in [0.25, 0.3) is 0 Å². The molecule has 2 aromatic rings. The maximum Gasteiger partial charge on any atom is 0.228 e. The number of aryl methyl sites for hydroxylation is 1. The van der Waals surface area contributed by atoms with Crippen LogP contribution in [0.5, 0.6) is 5.75 Å². The minimum absolute atomic E-state index is 0.256. The molecule has 5 nitrogen and oxygen atoms in total. The second kappa shape index (κ2) is 6.99. The molecule has 0 aliphatic heterocycles. The summed E-state index contributed by atoms with van der Waals surface area (Å²) in [6.45, 7) is 4.66. The summed E-state index contributed by atoms with van der Waals surface area (Å²) < 4.78 is 5.54. The van der Waals surface area contributed by atoms with Crippen molar-refractivity contribution in [2.45, 2.75) is 20.3 Å². The molecule has 0 saturated carbocycles. The standard InChI is InChI=1S/C15H18N4OS/c1-3-8-20-12-6-4-11(5-7-12)18-15-17-10(2)9-13(19-15)14(16)21/h4-7,9H,3,8H2,1-2H3,(H2,16,21)(H,17,18,19). The second-order valence-electron chi connectivity index (χ2n) is 4.58. The Kier molecular flexibility index (Phi) is 5.05. The first-order chi connectivity index (χ1) is 10.1. The molecule has 0 aliphatic rings. The molecule has 110 valence electrons. The number of nitrogens with two attached hydrogens (primary N) is 1. The van der Waals surface area contributed by atoms with Gasteiger partial charge in [-0.1, -0.05) is 19.1 Å². The van der Waals surface area contributed by atoms with Crippen LogP contribution in [-0.4, -0.2) is 21.6 Å². The van der Waals surface area contributed by atoms with Gasteiger partial charge in [-0.05, 0) is 43.7 Å². The van der Waals surface area contributed by atoms with Crippen LogP contribution in [0.15, 0.2) is 30.3 Å². The number of rotatable bonds is 6. The van der Waals surface area contributed by atoms with Gasteiger partial charge in [0.15, 0.2) is 0 Å². The average Bonchev–Trinajstić information content (AvgIpc) is 2.46. The molecule has 0 unspecified atom stereocenters. The Hall–Kier alpha value is -2.21. The highest BCUT2D eigenvalue weighted by Crippen LogP contribution is 2.18.